The summed E-state index contributed by atoms with van der Waals surface area (Å²) in [5, 5.41) is 9.89. The molecule has 5 nitrogen and oxygen atoms in total. The predicted molar refractivity (Wildman–Crippen MR) is 70.7 cm³/mol. The Bertz CT molecular complexity index is 499. The van der Waals surface area contributed by atoms with E-state index in [4.69, 9.17) is 11.6 Å². The molecule has 1 fully saturated rings. The summed E-state index contributed by atoms with van der Waals surface area (Å²) in [4.78, 5) is 23.5. The van der Waals surface area contributed by atoms with Crippen molar-refractivity contribution in [3.63, 3.8) is 0 Å². The van der Waals surface area contributed by atoms with E-state index in [1.54, 1.807) is 0 Å². The molecule has 0 aromatic heterocycles. The third-order valence-electron chi connectivity index (χ3n) is 3.23. The maximum absolute atomic E-state index is 11.8. The van der Waals surface area contributed by atoms with Gasteiger partial charge in [-0.25, -0.2) is 0 Å². The minimum Gasteiger partial charge on any atom is -0.507 e. The smallest absolute Gasteiger partial charge is 0.273 e. The number of phenols is 1. The van der Waals surface area contributed by atoms with Crippen molar-refractivity contribution in [2.45, 2.75) is 25.7 Å². The van der Waals surface area contributed by atoms with Crippen LogP contribution in [-0.2, 0) is 4.79 Å². The average molecular weight is 283 g/mol. The first-order valence-electron chi connectivity index (χ1n) is 6.16. The van der Waals surface area contributed by atoms with Crippen LogP contribution in [0.25, 0.3) is 0 Å². The highest BCUT2D eigenvalue weighted by Crippen LogP contribution is 2.24. The molecule has 102 valence electrons. The van der Waals surface area contributed by atoms with Gasteiger partial charge < -0.3 is 5.11 Å². The van der Waals surface area contributed by atoms with Gasteiger partial charge >= 0.3 is 0 Å². The number of amides is 2. The second kappa shape index (κ2) is 5.93. The Morgan fingerprint density at radius 3 is 2.58 bits per heavy atom. The molecular formula is C13H15ClN2O3. The fourth-order valence-corrected chi connectivity index (χ4v) is 2.34. The number of halogens is 1. The Labute approximate surface area is 115 Å². The maximum Gasteiger partial charge on any atom is 0.273 e. The number of phenolic OH excluding ortho intramolecular Hbond substituents is 1. The Kier molecular flexibility index (Phi) is 4.27. The molecule has 1 saturated carbocycles. The van der Waals surface area contributed by atoms with Crippen LogP contribution in [0.1, 0.15) is 36.0 Å². The van der Waals surface area contributed by atoms with E-state index in [9.17, 15) is 14.7 Å². The summed E-state index contributed by atoms with van der Waals surface area (Å²) in [6.45, 7) is 0. The van der Waals surface area contributed by atoms with E-state index in [-0.39, 0.29) is 23.1 Å². The first kappa shape index (κ1) is 13.7. The van der Waals surface area contributed by atoms with E-state index in [1.807, 2.05) is 0 Å². The lowest BCUT2D eigenvalue weighted by atomic mass is 10.1. The van der Waals surface area contributed by atoms with Crippen molar-refractivity contribution in [2.24, 2.45) is 5.92 Å². The summed E-state index contributed by atoms with van der Waals surface area (Å²) in [5.41, 5.74) is 4.69. The third kappa shape index (κ3) is 3.38. The fraction of sp³-hybridized carbons (Fsp3) is 0.385. The standard InChI is InChI=1S/C13H15ClN2O3/c14-9-5-6-11(17)10(7-9)13(19)16-15-12(18)8-3-1-2-4-8/h5-8,17H,1-4H2,(H,15,18)(H,16,19). The molecule has 0 bridgehead atoms. The molecule has 2 rings (SSSR count). The number of carbonyl (C=O) groups is 2. The lowest BCUT2D eigenvalue weighted by molar-refractivity contribution is -0.125. The molecule has 0 unspecified atom stereocenters. The van der Waals surface area contributed by atoms with Crippen LogP contribution in [0, 0.1) is 5.92 Å². The van der Waals surface area contributed by atoms with Gasteiger partial charge in [-0.05, 0) is 31.0 Å². The number of nitrogens with one attached hydrogen (secondary N) is 2. The number of carbonyl (C=O) groups excluding carboxylic acids is 2. The molecule has 1 aliphatic carbocycles. The van der Waals surface area contributed by atoms with Crippen molar-refractivity contribution in [1.82, 2.24) is 10.9 Å². The molecule has 3 N–H and O–H groups in total. The molecule has 1 aliphatic rings. The van der Waals surface area contributed by atoms with Crippen LogP contribution in [-0.4, -0.2) is 16.9 Å². The number of hydrazine groups is 1. The quantitative estimate of drug-likeness (QED) is 0.726. The lowest BCUT2D eigenvalue weighted by Crippen LogP contribution is -2.44. The molecule has 2 amide bonds. The van der Waals surface area contributed by atoms with Crippen LogP contribution in [0.3, 0.4) is 0 Å². The Morgan fingerprint density at radius 1 is 1.21 bits per heavy atom. The van der Waals surface area contributed by atoms with Crippen LogP contribution in [0.15, 0.2) is 18.2 Å². The zero-order chi connectivity index (χ0) is 13.8. The Hall–Kier alpha value is -1.75. The summed E-state index contributed by atoms with van der Waals surface area (Å²) in [6.07, 6.45) is 3.79. The van der Waals surface area contributed by atoms with E-state index < -0.39 is 5.91 Å². The first-order valence-corrected chi connectivity index (χ1v) is 6.54. The molecule has 0 saturated heterocycles. The first-order chi connectivity index (χ1) is 9.08. The number of benzene rings is 1. The second-order valence-electron chi connectivity index (χ2n) is 4.59. The highest BCUT2D eigenvalue weighted by molar-refractivity contribution is 6.31. The van der Waals surface area contributed by atoms with Crippen LogP contribution < -0.4 is 10.9 Å². The van der Waals surface area contributed by atoms with E-state index in [2.05, 4.69) is 10.9 Å². The van der Waals surface area contributed by atoms with Gasteiger partial charge in [-0.15, -0.1) is 0 Å². The third-order valence-corrected chi connectivity index (χ3v) is 3.46. The molecule has 0 heterocycles. The van der Waals surface area contributed by atoms with Crippen LogP contribution in [0.4, 0.5) is 0 Å². The summed E-state index contributed by atoms with van der Waals surface area (Å²) in [6, 6.07) is 4.15. The number of hydrogen-bond donors (Lipinski definition) is 3. The normalized spacial score (nSPS) is 15.2. The molecule has 0 spiro atoms. The topological polar surface area (TPSA) is 78.4 Å². The average Bonchev–Trinajstić information content (AvgIpc) is 2.92. The van der Waals surface area contributed by atoms with Gasteiger partial charge in [-0.1, -0.05) is 24.4 Å². The van der Waals surface area contributed by atoms with E-state index in [1.165, 1.54) is 18.2 Å². The zero-order valence-electron chi connectivity index (χ0n) is 10.3. The van der Waals surface area contributed by atoms with Gasteiger partial charge in [-0.3, -0.25) is 20.4 Å². The fourth-order valence-electron chi connectivity index (χ4n) is 2.17. The van der Waals surface area contributed by atoms with Crippen molar-refractivity contribution >= 4 is 23.4 Å². The van der Waals surface area contributed by atoms with Gasteiger partial charge in [0.1, 0.15) is 5.75 Å². The van der Waals surface area contributed by atoms with E-state index >= 15 is 0 Å². The van der Waals surface area contributed by atoms with Crippen molar-refractivity contribution in [3.8, 4) is 5.75 Å². The minimum atomic E-state index is -0.591. The minimum absolute atomic E-state index is 0.0271. The Morgan fingerprint density at radius 2 is 1.89 bits per heavy atom. The largest absolute Gasteiger partial charge is 0.507 e. The SMILES string of the molecule is O=C(NNC(=O)C1CCCC1)c1cc(Cl)ccc1O. The Balaban J connectivity index is 1.93. The molecule has 0 atom stereocenters. The second-order valence-corrected chi connectivity index (χ2v) is 5.02. The van der Waals surface area contributed by atoms with Gasteiger partial charge in [0.25, 0.3) is 5.91 Å². The van der Waals surface area contributed by atoms with Crippen molar-refractivity contribution < 1.29 is 14.7 Å². The highest BCUT2D eigenvalue weighted by atomic mass is 35.5. The number of rotatable bonds is 2. The van der Waals surface area contributed by atoms with Gasteiger partial charge in [0.05, 0.1) is 5.56 Å². The van der Waals surface area contributed by atoms with E-state index in [0.717, 1.165) is 25.7 Å². The lowest BCUT2D eigenvalue weighted by Gasteiger charge is -2.12. The van der Waals surface area contributed by atoms with E-state index in [0.29, 0.717) is 5.02 Å². The molecule has 0 radical (unpaired) electrons. The summed E-state index contributed by atoms with van der Waals surface area (Å²) >= 11 is 5.75. The maximum atomic E-state index is 11.8. The molecule has 6 heteroatoms. The van der Waals surface area contributed by atoms with Crippen molar-refractivity contribution in [3.05, 3.63) is 28.8 Å². The highest BCUT2D eigenvalue weighted by Gasteiger charge is 2.23. The molecule has 19 heavy (non-hydrogen) atoms. The van der Waals surface area contributed by atoms with Gasteiger partial charge in [0.2, 0.25) is 5.91 Å². The zero-order valence-corrected chi connectivity index (χ0v) is 11.0. The van der Waals surface area contributed by atoms with Crippen molar-refractivity contribution in [2.75, 3.05) is 0 Å². The molecule has 0 aliphatic heterocycles. The van der Waals surface area contributed by atoms with Crippen LogP contribution in [0.5, 0.6) is 5.75 Å². The number of aromatic hydroxyl groups is 1. The van der Waals surface area contributed by atoms with Crippen molar-refractivity contribution in [1.29, 1.82) is 0 Å². The van der Waals surface area contributed by atoms with Crippen LogP contribution in [0.2, 0.25) is 5.02 Å². The monoisotopic (exact) mass is 282 g/mol. The number of hydrogen-bond acceptors (Lipinski definition) is 3. The van der Waals surface area contributed by atoms with Gasteiger partial charge in [-0.2, -0.15) is 0 Å². The summed E-state index contributed by atoms with van der Waals surface area (Å²) < 4.78 is 0. The van der Waals surface area contributed by atoms with Crippen LogP contribution >= 0.6 is 11.6 Å². The summed E-state index contributed by atoms with van der Waals surface area (Å²) in [5.74, 6) is -0.996. The summed E-state index contributed by atoms with van der Waals surface area (Å²) in [7, 11) is 0. The molecule has 1 aromatic rings. The predicted octanol–water partition coefficient (Wildman–Crippen LogP) is 2.00. The van der Waals surface area contributed by atoms with Gasteiger partial charge in [0, 0.05) is 10.9 Å². The molecular weight excluding hydrogens is 268 g/mol. The molecule has 1 aromatic carbocycles. The van der Waals surface area contributed by atoms with Gasteiger partial charge in [0.15, 0.2) is 0 Å².